The summed E-state index contributed by atoms with van der Waals surface area (Å²) in [5.41, 5.74) is -1.66. The van der Waals surface area contributed by atoms with Gasteiger partial charge in [-0.2, -0.15) is 13.2 Å². The van der Waals surface area contributed by atoms with Gasteiger partial charge in [0.05, 0.1) is 0 Å². The Bertz CT molecular complexity index is 987. The molecule has 3 aromatic rings. The van der Waals surface area contributed by atoms with Crippen molar-refractivity contribution in [3.63, 3.8) is 0 Å². The molecule has 0 unspecified atom stereocenters. The number of halogens is 3. The van der Waals surface area contributed by atoms with Crippen molar-refractivity contribution in [2.24, 2.45) is 0 Å². The van der Waals surface area contributed by atoms with Gasteiger partial charge in [0.1, 0.15) is 0 Å². The molecule has 0 bridgehead atoms. The van der Waals surface area contributed by atoms with Gasteiger partial charge in [0, 0.05) is 12.7 Å². The van der Waals surface area contributed by atoms with E-state index in [0.29, 0.717) is 11.1 Å². The Labute approximate surface area is 173 Å². The molecular weight excluding hydrogens is 393 g/mol. The van der Waals surface area contributed by atoms with E-state index in [1.807, 2.05) is 19.1 Å². The summed E-state index contributed by atoms with van der Waals surface area (Å²) in [6.45, 7) is 1.81. The van der Waals surface area contributed by atoms with Crippen LogP contribution in [0.3, 0.4) is 0 Å². The average Bonchev–Trinajstić information content (AvgIpc) is 2.74. The second-order valence-electron chi connectivity index (χ2n) is 6.80. The van der Waals surface area contributed by atoms with Gasteiger partial charge in [-0.05, 0) is 23.6 Å². The fraction of sp³-hybridized carbons (Fsp3) is 0.208. The monoisotopic (exact) mass is 414 g/mol. The van der Waals surface area contributed by atoms with E-state index in [2.05, 4.69) is 0 Å². The maximum atomic E-state index is 14.2. The molecule has 0 heterocycles. The fourth-order valence-corrected chi connectivity index (χ4v) is 3.40. The first-order valence-corrected chi connectivity index (χ1v) is 9.30. The minimum atomic E-state index is -5.03. The topological polar surface area (TPSA) is 35.5 Å². The largest absolute Gasteiger partial charge is 0.450 e. The second kappa shape index (κ2) is 8.71. The summed E-state index contributed by atoms with van der Waals surface area (Å²) in [5, 5.41) is 0. The fourth-order valence-electron chi connectivity index (χ4n) is 3.40. The summed E-state index contributed by atoms with van der Waals surface area (Å²) in [5.74, 6) is -1.53. The molecule has 0 aromatic heterocycles. The molecule has 0 spiro atoms. The summed E-state index contributed by atoms with van der Waals surface area (Å²) < 4.78 is 53.1. The molecule has 3 nitrogen and oxygen atoms in total. The number of carbonyl (C=O) groups is 1. The van der Waals surface area contributed by atoms with Gasteiger partial charge in [-0.15, -0.1) is 0 Å². The van der Waals surface area contributed by atoms with Gasteiger partial charge < -0.3 is 9.47 Å². The van der Waals surface area contributed by atoms with Crippen molar-refractivity contribution in [2.75, 3.05) is 7.11 Å². The Morgan fingerprint density at radius 3 is 1.90 bits per heavy atom. The molecule has 0 amide bonds. The van der Waals surface area contributed by atoms with E-state index in [-0.39, 0.29) is 5.56 Å². The first kappa shape index (κ1) is 21.6. The number of hydrogen-bond acceptors (Lipinski definition) is 3. The Morgan fingerprint density at radius 2 is 1.37 bits per heavy atom. The van der Waals surface area contributed by atoms with Gasteiger partial charge in [0.25, 0.3) is 5.60 Å². The maximum Gasteiger partial charge on any atom is 0.432 e. The van der Waals surface area contributed by atoms with Crippen LogP contribution in [0.15, 0.2) is 84.9 Å². The molecule has 0 saturated heterocycles. The minimum absolute atomic E-state index is 0.346. The quantitative estimate of drug-likeness (QED) is 0.483. The lowest BCUT2D eigenvalue weighted by atomic mass is 9.92. The molecule has 3 rings (SSSR count). The Balaban J connectivity index is 2.11. The Morgan fingerprint density at radius 1 is 0.833 bits per heavy atom. The molecule has 0 aliphatic heterocycles. The van der Waals surface area contributed by atoms with Crippen molar-refractivity contribution in [1.82, 2.24) is 0 Å². The number of esters is 1. The van der Waals surface area contributed by atoms with Crippen LogP contribution in [0.2, 0.25) is 0 Å². The molecule has 0 fully saturated rings. The summed E-state index contributed by atoms with van der Waals surface area (Å²) in [6.07, 6.45) is -6.06. The van der Waals surface area contributed by atoms with Crippen molar-refractivity contribution < 1.29 is 27.4 Å². The van der Waals surface area contributed by atoms with Crippen LogP contribution in [-0.4, -0.2) is 19.3 Å². The lowest BCUT2D eigenvalue weighted by Gasteiger charge is -2.34. The van der Waals surface area contributed by atoms with Crippen molar-refractivity contribution in [2.45, 2.75) is 24.8 Å². The Kier molecular flexibility index (Phi) is 6.27. The first-order chi connectivity index (χ1) is 14.3. The van der Waals surface area contributed by atoms with Gasteiger partial charge >= 0.3 is 12.1 Å². The number of ether oxygens (including phenoxy) is 2. The van der Waals surface area contributed by atoms with Crippen LogP contribution in [0, 0.1) is 6.92 Å². The Hall–Kier alpha value is -3.12. The van der Waals surface area contributed by atoms with E-state index < -0.39 is 23.9 Å². The molecule has 0 aliphatic carbocycles. The molecule has 0 aliphatic rings. The summed E-state index contributed by atoms with van der Waals surface area (Å²) >= 11 is 0. The van der Waals surface area contributed by atoms with Gasteiger partial charge in [0.2, 0.25) is 0 Å². The van der Waals surface area contributed by atoms with Crippen LogP contribution in [0.25, 0.3) is 0 Å². The van der Waals surface area contributed by atoms with Crippen molar-refractivity contribution >= 4 is 5.97 Å². The van der Waals surface area contributed by atoms with Crippen molar-refractivity contribution in [3.8, 4) is 0 Å². The van der Waals surface area contributed by atoms with Gasteiger partial charge in [0.15, 0.2) is 6.10 Å². The standard InChI is InChI=1S/C24H21F3O3/c1-17-11-9-10-16-20(17)21(18-12-5-3-6-13-18)30-22(28)23(29-2,24(25,26)27)19-14-7-4-8-15-19/h3-16,21H,1-2H3/t21-,23+/m0/s1. The number of aryl methyl sites for hydroxylation is 1. The minimum Gasteiger partial charge on any atom is -0.450 e. The third-order valence-corrected chi connectivity index (χ3v) is 4.97. The molecule has 2 atom stereocenters. The molecular formula is C24H21F3O3. The van der Waals surface area contributed by atoms with Gasteiger partial charge in [-0.1, -0.05) is 84.9 Å². The van der Waals surface area contributed by atoms with E-state index in [0.717, 1.165) is 12.7 Å². The molecule has 0 radical (unpaired) electrons. The average molecular weight is 414 g/mol. The summed E-state index contributed by atoms with van der Waals surface area (Å²) in [7, 11) is 0.854. The smallest absolute Gasteiger partial charge is 0.432 e. The van der Waals surface area contributed by atoms with Crippen LogP contribution in [-0.2, 0) is 19.9 Å². The zero-order valence-corrected chi connectivity index (χ0v) is 16.5. The summed E-state index contributed by atoms with van der Waals surface area (Å²) in [6, 6.07) is 22.5. The highest BCUT2D eigenvalue weighted by Gasteiger charge is 2.64. The van der Waals surface area contributed by atoms with Crippen LogP contribution in [0.5, 0.6) is 0 Å². The molecule has 156 valence electrons. The number of carbonyl (C=O) groups excluding carboxylic acids is 1. The second-order valence-corrected chi connectivity index (χ2v) is 6.80. The third kappa shape index (κ3) is 3.96. The molecule has 0 saturated carbocycles. The third-order valence-electron chi connectivity index (χ3n) is 4.97. The number of methoxy groups -OCH3 is 1. The van der Waals surface area contributed by atoms with Crippen molar-refractivity contribution in [1.29, 1.82) is 0 Å². The molecule has 3 aromatic carbocycles. The molecule has 30 heavy (non-hydrogen) atoms. The number of alkyl halides is 3. The van der Waals surface area contributed by atoms with Crippen LogP contribution < -0.4 is 0 Å². The maximum absolute atomic E-state index is 14.2. The number of benzene rings is 3. The number of rotatable bonds is 6. The van der Waals surface area contributed by atoms with Crippen molar-refractivity contribution in [3.05, 3.63) is 107 Å². The van der Waals surface area contributed by atoms with Crippen LogP contribution in [0.4, 0.5) is 13.2 Å². The molecule has 0 N–H and O–H groups in total. The van der Waals surface area contributed by atoms with E-state index in [1.54, 1.807) is 48.5 Å². The predicted octanol–water partition coefficient (Wildman–Crippen LogP) is 5.73. The predicted molar refractivity (Wildman–Crippen MR) is 107 cm³/mol. The lowest BCUT2D eigenvalue weighted by molar-refractivity contribution is -0.277. The zero-order chi connectivity index (χ0) is 21.8. The number of hydrogen-bond donors (Lipinski definition) is 0. The SMILES string of the molecule is CO[C@@](C(=O)O[C@@H](c1ccccc1)c1ccccc1C)(c1ccccc1)C(F)(F)F. The summed E-state index contributed by atoms with van der Waals surface area (Å²) in [4.78, 5) is 13.1. The van der Waals surface area contributed by atoms with Gasteiger partial charge in [-0.3, -0.25) is 0 Å². The van der Waals surface area contributed by atoms with E-state index in [4.69, 9.17) is 9.47 Å². The molecule has 6 heteroatoms. The van der Waals surface area contributed by atoms with Crippen LogP contribution in [0.1, 0.15) is 28.4 Å². The first-order valence-electron chi connectivity index (χ1n) is 9.30. The highest BCUT2D eigenvalue weighted by molar-refractivity contribution is 5.83. The van der Waals surface area contributed by atoms with Gasteiger partial charge in [-0.25, -0.2) is 4.79 Å². The van der Waals surface area contributed by atoms with E-state index >= 15 is 0 Å². The lowest BCUT2D eigenvalue weighted by Crippen LogP contribution is -2.52. The highest BCUT2D eigenvalue weighted by atomic mass is 19.4. The van der Waals surface area contributed by atoms with E-state index in [9.17, 15) is 18.0 Å². The highest BCUT2D eigenvalue weighted by Crippen LogP contribution is 2.44. The van der Waals surface area contributed by atoms with E-state index in [1.165, 1.54) is 24.3 Å². The zero-order valence-electron chi connectivity index (χ0n) is 16.5. The van der Waals surface area contributed by atoms with Crippen LogP contribution >= 0.6 is 0 Å². The normalized spacial score (nSPS) is 14.6.